The quantitative estimate of drug-likeness (QED) is 0.703. The number of ether oxygens (including phenoxy) is 1. The first-order valence-corrected chi connectivity index (χ1v) is 6.80. The molecule has 0 aromatic heterocycles. The molecule has 4 nitrogen and oxygen atoms in total. The molecule has 0 aromatic rings. The van der Waals surface area contributed by atoms with Gasteiger partial charge >= 0.3 is 5.97 Å². The zero-order valence-corrected chi connectivity index (χ0v) is 11.9. The summed E-state index contributed by atoms with van der Waals surface area (Å²) in [5, 5.41) is -1.13. The molecular weight excluding hydrogens is 228 g/mol. The molecule has 0 fully saturated rings. The van der Waals surface area contributed by atoms with Gasteiger partial charge in [0.1, 0.15) is 5.60 Å². The summed E-state index contributed by atoms with van der Waals surface area (Å²) in [4.78, 5) is 11.7. The molecule has 0 saturated heterocycles. The third kappa shape index (κ3) is 3.77. The van der Waals surface area contributed by atoms with Gasteiger partial charge in [-0.3, -0.25) is 4.79 Å². The maximum absolute atomic E-state index is 12.0. The SMILES string of the molecule is CC(C(=O)OC(C)(C)C)S(=O)(=O)C(C)(C)C. The Morgan fingerprint density at radius 2 is 1.44 bits per heavy atom. The average molecular weight is 250 g/mol. The Balaban J connectivity index is 4.97. The number of hydrogen-bond acceptors (Lipinski definition) is 4. The lowest BCUT2D eigenvalue weighted by molar-refractivity contribution is -0.153. The highest BCUT2D eigenvalue weighted by Crippen LogP contribution is 2.22. The van der Waals surface area contributed by atoms with Crippen molar-refractivity contribution in [3.63, 3.8) is 0 Å². The van der Waals surface area contributed by atoms with Crippen LogP contribution in [0.4, 0.5) is 0 Å². The molecule has 5 heteroatoms. The summed E-state index contributed by atoms with van der Waals surface area (Å²) in [5.41, 5.74) is -0.668. The van der Waals surface area contributed by atoms with Crippen LogP contribution < -0.4 is 0 Å². The molecule has 0 rings (SSSR count). The van der Waals surface area contributed by atoms with Crippen molar-refractivity contribution in [2.75, 3.05) is 0 Å². The predicted octanol–water partition coefficient (Wildman–Crippen LogP) is 1.93. The van der Waals surface area contributed by atoms with Crippen LogP contribution in [0.25, 0.3) is 0 Å². The van der Waals surface area contributed by atoms with Crippen LogP contribution in [-0.2, 0) is 19.4 Å². The first kappa shape index (κ1) is 15.4. The van der Waals surface area contributed by atoms with Crippen LogP contribution in [0.3, 0.4) is 0 Å². The van der Waals surface area contributed by atoms with Crippen molar-refractivity contribution in [3.05, 3.63) is 0 Å². The zero-order valence-electron chi connectivity index (χ0n) is 11.1. The zero-order chi connectivity index (χ0) is 13.4. The van der Waals surface area contributed by atoms with E-state index in [0.717, 1.165) is 0 Å². The second kappa shape index (κ2) is 4.35. The van der Waals surface area contributed by atoms with E-state index in [1.807, 2.05) is 0 Å². The fourth-order valence-electron chi connectivity index (χ4n) is 1.04. The van der Waals surface area contributed by atoms with Gasteiger partial charge in [-0.05, 0) is 48.5 Å². The van der Waals surface area contributed by atoms with Gasteiger partial charge in [-0.2, -0.15) is 0 Å². The number of carbonyl (C=O) groups is 1. The van der Waals surface area contributed by atoms with Crippen molar-refractivity contribution >= 4 is 15.8 Å². The summed E-state index contributed by atoms with van der Waals surface area (Å²) in [7, 11) is -3.52. The van der Waals surface area contributed by atoms with E-state index in [9.17, 15) is 13.2 Å². The molecule has 0 aliphatic rings. The van der Waals surface area contributed by atoms with E-state index >= 15 is 0 Å². The Morgan fingerprint density at radius 1 is 1.06 bits per heavy atom. The Labute approximate surface area is 98.3 Å². The van der Waals surface area contributed by atoms with E-state index in [0.29, 0.717) is 0 Å². The third-order valence-corrected chi connectivity index (χ3v) is 4.89. The molecule has 0 aliphatic carbocycles. The van der Waals surface area contributed by atoms with Gasteiger partial charge in [0.25, 0.3) is 0 Å². The highest BCUT2D eigenvalue weighted by molar-refractivity contribution is 7.94. The molecule has 96 valence electrons. The van der Waals surface area contributed by atoms with Crippen LogP contribution in [0, 0.1) is 0 Å². The molecule has 0 heterocycles. The monoisotopic (exact) mass is 250 g/mol. The first-order chi connectivity index (χ1) is 6.79. The Morgan fingerprint density at radius 3 is 1.69 bits per heavy atom. The Kier molecular flexibility index (Phi) is 4.20. The van der Waals surface area contributed by atoms with Gasteiger partial charge in [-0.25, -0.2) is 8.42 Å². The minimum absolute atomic E-state index is 0.668. The average Bonchev–Trinajstić information content (AvgIpc) is 1.97. The van der Waals surface area contributed by atoms with Crippen molar-refractivity contribution in [2.45, 2.75) is 64.1 Å². The van der Waals surface area contributed by atoms with Crippen LogP contribution in [0.15, 0.2) is 0 Å². The third-order valence-electron chi connectivity index (χ3n) is 2.06. The van der Waals surface area contributed by atoms with Crippen LogP contribution in [0.5, 0.6) is 0 Å². The lowest BCUT2D eigenvalue weighted by Gasteiger charge is -2.26. The fourth-order valence-corrected chi connectivity index (χ4v) is 2.40. The van der Waals surface area contributed by atoms with Gasteiger partial charge in [0.05, 0.1) is 4.75 Å². The molecular formula is C11H22O4S. The number of hydrogen-bond donors (Lipinski definition) is 0. The number of rotatable bonds is 2. The van der Waals surface area contributed by atoms with Crippen LogP contribution in [0.2, 0.25) is 0 Å². The lowest BCUT2D eigenvalue weighted by Crippen LogP contribution is -2.42. The van der Waals surface area contributed by atoms with E-state index in [1.54, 1.807) is 41.5 Å². The second-order valence-electron chi connectivity index (χ2n) is 5.83. The van der Waals surface area contributed by atoms with Crippen molar-refractivity contribution in [1.82, 2.24) is 0 Å². The second-order valence-corrected chi connectivity index (χ2v) is 8.85. The predicted molar refractivity (Wildman–Crippen MR) is 64.0 cm³/mol. The number of esters is 1. The summed E-state index contributed by atoms with van der Waals surface area (Å²) < 4.78 is 28.1. The maximum atomic E-state index is 12.0. The molecule has 0 aliphatic heterocycles. The van der Waals surface area contributed by atoms with Gasteiger partial charge < -0.3 is 4.74 Å². The Bertz CT molecular complexity index is 354. The maximum Gasteiger partial charge on any atom is 0.324 e. The molecule has 0 amide bonds. The van der Waals surface area contributed by atoms with E-state index < -0.39 is 31.4 Å². The van der Waals surface area contributed by atoms with Crippen LogP contribution in [0.1, 0.15) is 48.5 Å². The fraction of sp³-hybridized carbons (Fsp3) is 0.909. The van der Waals surface area contributed by atoms with E-state index in [-0.39, 0.29) is 0 Å². The smallest absolute Gasteiger partial charge is 0.324 e. The minimum atomic E-state index is -3.52. The van der Waals surface area contributed by atoms with Crippen molar-refractivity contribution in [1.29, 1.82) is 0 Å². The standard InChI is InChI=1S/C11H22O4S/c1-8(9(12)15-10(2,3)4)16(13,14)11(5,6)7/h8H,1-7H3. The lowest BCUT2D eigenvalue weighted by atomic mass is 10.2. The van der Waals surface area contributed by atoms with Crippen molar-refractivity contribution in [2.24, 2.45) is 0 Å². The molecule has 0 saturated carbocycles. The number of carbonyl (C=O) groups excluding carboxylic acids is 1. The van der Waals surface area contributed by atoms with Crippen molar-refractivity contribution < 1.29 is 17.9 Å². The molecule has 0 spiro atoms. The molecule has 16 heavy (non-hydrogen) atoms. The summed E-state index contributed by atoms with van der Waals surface area (Å²) >= 11 is 0. The van der Waals surface area contributed by atoms with Gasteiger partial charge in [-0.1, -0.05) is 0 Å². The highest BCUT2D eigenvalue weighted by atomic mass is 32.2. The van der Waals surface area contributed by atoms with Crippen LogP contribution >= 0.6 is 0 Å². The minimum Gasteiger partial charge on any atom is -0.459 e. The van der Waals surface area contributed by atoms with Crippen molar-refractivity contribution in [3.8, 4) is 0 Å². The largest absolute Gasteiger partial charge is 0.459 e. The molecule has 1 atom stereocenters. The molecule has 0 radical (unpaired) electrons. The summed E-state index contributed by atoms with van der Waals surface area (Å²) in [6.45, 7) is 11.2. The van der Waals surface area contributed by atoms with Gasteiger partial charge in [0.15, 0.2) is 15.1 Å². The normalized spacial score (nSPS) is 15.7. The molecule has 0 aromatic carbocycles. The van der Waals surface area contributed by atoms with Gasteiger partial charge in [-0.15, -0.1) is 0 Å². The van der Waals surface area contributed by atoms with E-state index in [2.05, 4.69) is 0 Å². The summed E-state index contributed by atoms with van der Waals surface area (Å²) in [5.74, 6) is -0.692. The van der Waals surface area contributed by atoms with Crippen LogP contribution in [-0.4, -0.2) is 30.0 Å². The molecule has 0 bridgehead atoms. The Hall–Kier alpha value is -0.580. The first-order valence-electron chi connectivity index (χ1n) is 5.25. The van der Waals surface area contributed by atoms with Gasteiger partial charge in [0.2, 0.25) is 0 Å². The van der Waals surface area contributed by atoms with E-state index in [1.165, 1.54) is 6.92 Å². The summed E-state index contributed by atoms with van der Waals surface area (Å²) in [6, 6.07) is 0. The highest BCUT2D eigenvalue weighted by Gasteiger charge is 2.40. The summed E-state index contributed by atoms with van der Waals surface area (Å²) in [6.07, 6.45) is 0. The van der Waals surface area contributed by atoms with Gasteiger partial charge in [0, 0.05) is 0 Å². The molecule has 1 unspecified atom stereocenters. The molecule has 0 N–H and O–H groups in total. The topological polar surface area (TPSA) is 60.4 Å². The number of sulfone groups is 1. The van der Waals surface area contributed by atoms with E-state index in [4.69, 9.17) is 4.74 Å².